The fourth-order valence-electron chi connectivity index (χ4n) is 6.29. The predicted octanol–water partition coefficient (Wildman–Crippen LogP) is 6.04. The van der Waals surface area contributed by atoms with Crippen LogP contribution in [0.5, 0.6) is 0 Å². The molecule has 0 saturated carbocycles. The summed E-state index contributed by atoms with van der Waals surface area (Å²) in [5.41, 5.74) is 0. The van der Waals surface area contributed by atoms with Crippen molar-refractivity contribution in [1.82, 2.24) is 0 Å². The van der Waals surface area contributed by atoms with E-state index in [1.165, 1.54) is 0 Å². The molecule has 0 N–H and O–H groups in total. The second kappa shape index (κ2) is 12.9. The SMILES string of the molecule is O=C([AsH](c1ccccc1)(c1ccccc1)c1ccccc1)[AsH](c1ccccc1)(c1ccccc1)c1ccc(Cl)c(Cl)c1Cl. The number of halogens is 3. The molecular formula is C37H29As2Cl3O. The van der Waals surface area contributed by atoms with Crippen molar-refractivity contribution in [3.8, 4) is 0 Å². The molecule has 0 atom stereocenters. The fourth-order valence-corrected chi connectivity index (χ4v) is 40.7. The topological polar surface area (TPSA) is 17.1 Å². The quantitative estimate of drug-likeness (QED) is 0.137. The zero-order valence-electron chi connectivity index (χ0n) is 23.1. The van der Waals surface area contributed by atoms with E-state index in [1.807, 2.05) is 97.1 Å². The van der Waals surface area contributed by atoms with Gasteiger partial charge < -0.3 is 0 Å². The van der Waals surface area contributed by atoms with E-state index >= 15 is 4.79 Å². The molecule has 6 aromatic rings. The second-order valence-corrected chi connectivity index (χ2v) is 29.1. The van der Waals surface area contributed by atoms with E-state index in [2.05, 4.69) is 60.7 Å². The Morgan fingerprint density at radius 2 is 0.674 bits per heavy atom. The van der Waals surface area contributed by atoms with Gasteiger partial charge in [0.25, 0.3) is 0 Å². The average Bonchev–Trinajstić information content (AvgIpc) is 3.08. The van der Waals surface area contributed by atoms with Crippen molar-refractivity contribution in [1.29, 1.82) is 0 Å². The van der Waals surface area contributed by atoms with Gasteiger partial charge in [0.1, 0.15) is 0 Å². The molecule has 0 saturated heterocycles. The van der Waals surface area contributed by atoms with Gasteiger partial charge in [-0.2, -0.15) is 0 Å². The number of carbonyl (C=O) groups excluding carboxylic acids is 1. The molecule has 0 bridgehead atoms. The minimum atomic E-state index is -4.45. The number of benzene rings is 6. The van der Waals surface area contributed by atoms with E-state index in [-0.39, 0.29) is 8.38 Å². The zero-order chi connectivity index (χ0) is 29.9. The van der Waals surface area contributed by atoms with Crippen LogP contribution in [-0.4, -0.2) is 30.5 Å². The maximum absolute atomic E-state index is 16.7. The first kappa shape index (κ1) is 30.0. The van der Waals surface area contributed by atoms with Gasteiger partial charge in [0, 0.05) is 0 Å². The third kappa shape index (κ3) is 5.12. The van der Waals surface area contributed by atoms with Gasteiger partial charge in [-0.15, -0.1) is 0 Å². The van der Waals surface area contributed by atoms with E-state index in [1.54, 1.807) is 6.07 Å². The number of rotatable bonds is 8. The van der Waals surface area contributed by atoms with Crippen molar-refractivity contribution < 1.29 is 4.79 Å². The van der Waals surface area contributed by atoms with E-state index < -0.39 is 27.1 Å². The van der Waals surface area contributed by atoms with Crippen LogP contribution in [0.3, 0.4) is 0 Å². The third-order valence-electron chi connectivity index (χ3n) is 8.15. The molecule has 6 aromatic carbocycles. The van der Waals surface area contributed by atoms with Crippen LogP contribution in [0, 0.1) is 0 Å². The third-order valence-corrected chi connectivity index (χ3v) is 36.0. The molecule has 0 aliphatic rings. The summed E-state index contributed by atoms with van der Waals surface area (Å²) in [6.45, 7) is 0. The Balaban J connectivity index is 1.86. The van der Waals surface area contributed by atoms with Crippen molar-refractivity contribution in [3.05, 3.63) is 179 Å². The Morgan fingerprint density at radius 3 is 1.00 bits per heavy atom. The summed E-state index contributed by atoms with van der Waals surface area (Å²) in [6.07, 6.45) is 0. The van der Waals surface area contributed by atoms with E-state index in [4.69, 9.17) is 34.8 Å². The van der Waals surface area contributed by atoms with Crippen LogP contribution in [-0.2, 0) is 0 Å². The summed E-state index contributed by atoms with van der Waals surface area (Å²) in [6, 6.07) is 55.2. The molecule has 6 heteroatoms. The second-order valence-electron chi connectivity index (χ2n) is 10.4. The van der Waals surface area contributed by atoms with Crippen LogP contribution in [0.2, 0.25) is 15.1 Å². The number of carbonyl (C=O) groups is 1. The van der Waals surface area contributed by atoms with Gasteiger partial charge in [-0.05, 0) is 0 Å². The molecule has 0 aliphatic heterocycles. The first-order chi connectivity index (χ1) is 21.0. The van der Waals surface area contributed by atoms with Crippen LogP contribution < -0.4 is 26.1 Å². The molecule has 43 heavy (non-hydrogen) atoms. The van der Waals surface area contributed by atoms with Gasteiger partial charge in [-0.3, -0.25) is 0 Å². The molecule has 6 rings (SSSR count). The first-order valence-electron chi connectivity index (χ1n) is 14.0. The van der Waals surface area contributed by atoms with Crippen molar-refractivity contribution in [3.63, 3.8) is 0 Å². The van der Waals surface area contributed by atoms with E-state index in [9.17, 15) is 0 Å². The molecule has 0 heterocycles. The molecule has 0 aliphatic carbocycles. The summed E-state index contributed by atoms with van der Waals surface area (Å²) < 4.78 is 6.28. The summed E-state index contributed by atoms with van der Waals surface area (Å²) in [4.78, 5) is 16.7. The summed E-state index contributed by atoms with van der Waals surface area (Å²) >= 11 is 11.8. The van der Waals surface area contributed by atoms with Crippen LogP contribution in [0.15, 0.2) is 164 Å². The Morgan fingerprint density at radius 1 is 0.372 bits per heavy atom. The normalized spacial score (nSPS) is 12.4. The monoisotopic (exact) mass is 744 g/mol. The molecule has 1 nitrogen and oxygen atoms in total. The van der Waals surface area contributed by atoms with Crippen molar-refractivity contribution in [2.45, 2.75) is 0 Å². The first-order valence-corrected chi connectivity index (χ1v) is 23.5. The molecule has 0 unspecified atom stereocenters. The Hall–Kier alpha value is -3.02. The van der Waals surface area contributed by atoms with E-state index in [0.717, 1.165) is 26.1 Å². The molecule has 0 radical (unpaired) electrons. The molecule has 0 fully saturated rings. The van der Waals surface area contributed by atoms with Gasteiger partial charge >= 0.3 is 275 Å². The fraction of sp³-hybridized carbons (Fsp3) is 0. The van der Waals surface area contributed by atoms with Gasteiger partial charge in [0.15, 0.2) is 0 Å². The van der Waals surface area contributed by atoms with Gasteiger partial charge in [-0.25, -0.2) is 0 Å². The molecule has 0 aromatic heterocycles. The van der Waals surface area contributed by atoms with Crippen molar-refractivity contribution in [2.24, 2.45) is 0 Å². The van der Waals surface area contributed by atoms with Crippen LogP contribution in [0.1, 0.15) is 0 Å². The van der Waals surface area contributed by atoms with Crippen molar-refractivity contribution in [2.75, 3.05) is 0 Å². The molecule has 0 amide bonds. The summed E-state index contributed by atoms with van der Waals surface area (Å²) in [7, 11) is 0. The van der Waals surface area contributed by atoms with Crippen LogP contribution in [0.4, 0.5) is 4.79 Å². The Kier molecular flexibility index (Phi) is 9.02. The average molecular weight is 746 g/mol. The molecule has 214 valence electrons. The van der Waals surface area contributed by atoms with Crippen molar-refractivity contribution >= 4 is 91.4 Å². The van der Waals surface area contributed by atoms with E-state index in [0.29, 0.717) is 10.0 Å². The minimum absolute atomic E-state index is 0.271. The summed E-state index contributed by atoms with van der Waals surface area (Å²) in [5, 5.41) is 0.982. The van der Waals surface area contributed by atoms with Crippen LogP contribution >= 0.6 is 34.8 Å². The number of hydrogen-bond donors (Lipinski definition) is 0. The Labute approximate surface area is 273 Å². The molecular weight excluding hydrogens is 717 g/mol. The Bertz CT molecular complexity index is 1710. The van der Waals surface area contributed by atoms with Gasteiger partial charge in [0.2, 0.25) is 0 Å². The van der Waals surface area contributed by atoms with Gasteiger partial charge in [0.05, 0.1) is 0 Å². The van der Waals surface area contributed by atoms with Crippen LogP contribution in [0.25, 0.3) is 0 Å². The zero-order valence-corrected chi connectivity index (χ0v) is 29.6. The standard InChI is InChI=1S/C37H29As2Cl3O/c40-34-27-26-33(35(41)36(34)42)39(31-22-12-4-13-23-31,32-24-14-5-15-25-32)37(43)38(28-16-6-1-7-17-28,29-18-8-2-9-19-29)30-20-10-3-11-21-30/h1-27,38-39H. The molecule has 0 spiro atoms. The predicted molar refractivity (Wildman–Crippen MR) is 191 cm³/mol. The van der Waals surface area contributed by atoms with Gasteiger partial charge in [-0.1, -0.05) is 0 Å². The number of hydrogen-bond acceptors (Lipinski definition) is 1. The summed E-state index contributed by atoms with van der Waals surface area (Å²) in [5.74, 6) is 0. The maximum atomic E-state index is 16.7.